The molecule has 1 heterocycles. The van der Waals surface area contributed by atoms with Gasteiger partial charge >= 0.3 is 0 Å². The third kappa shape index (κ3) is 4.01. The fraction of sp³-hybridized carbons (Fsp3) is 0.647. The van der Waals surface area contributed by atoms with Gasteiger partial charge in [0, 0.05) is 18.2 Å². The molecule has 1 aliphatic heterocycles. The van der Waals surface area contributed by atoms with Gasteiger partial charge in [-0.25, -0.2) is 8.78 Å². The summed E-state index contributed by atoms with van der Waals surface area (Å²) in [5.74, 6) is -0.00757. The van der Waals surface area contributed by atoms with Gasteiger partial charge in [0.05, 0.1) is 0 Å². The normalized spacial score (nSPS) is 21.1. The van der Waals surface area contributed by atoms with E-state index in [2.05, 4.69) is 24.1 Å². The average molecular weight is 296 g/mol. The van der Waals surface area contributed by atoms with Crippen molar-refractivity contribution in [3.05, 3.63) is 35.4 Å². The van der Waals surface area contributed by atoms with Crippen LogP contribution in [0.15, 0.2) is 18.2 Å². The lowest BCUT2D eigenvalue weighted by Crippen LogP contribution is -2.28. The van der Waals surface area contributed by atoms with Gasteiger partial charge in [-0.2, -0.15) is 0 Å². The van der Waals surface area contributed by atoms with Crippen LogP contribution in [0.4, 0.5) is 8.78 Å². The van der Waals surface area contributed by atoms with Crippen molar-refractivity contribution in [2.45, 2.75) is 32.7 Å². The number of halogens is 2. The second-order valence-electron chi connectivity index (χ2n) is 6.37. The predicted molar refractivity (Wildman–Crippen MR) is 82.2 cm³/mol. The molecule has 0 spiro atoms. The zero-order valence-corrected chi connectivity index (χ0v) is 13.2. The average Bonchev–Trinajstić information content (AvgIpc) is 2.93. The molecule has 1 aliphatic rings. The molecule has 2 rings (SSSR count). The van der Waals surface area contributed by atoms with E-state index in [1.165, 1.54) is 12.5 Å². The Morgan fingerprint density at radius 2 is 2.10 bits per heavy atom. The van der Waals surface area contributed by atoms with Crippen LogP contribution in [-0.2, 0) is 0 Å². The molecule has 1 fully saturated rings. The minimum Gasteiger partial charge on any atom is -0.313 e. The summed E-state index contributed by atoms with van der Waals surface area (Å²) in [6.45, 7) is 7.70. The predicted octanol–water partition coefficient (Wildman–Crippen LogP) is 3.59. The minimum atomic E-state index is -0.770. The van der Waals surface area contributed by atoms with Gasteiger partial charge in [0.2, 0.25) is 0 Å². The molecule has 118 valence electrons. The zero-order chi connectivity index (χ0) is 15.4. The summed E-state index contributed by atoms with van der Waals surface area (Å²) in [4.78, 5) is 2.44. The van der Waals surface area contributed by atoms with Gasteiger partial charge in [0.15, 0.2) is 11.6 Å². The monoisotopic (exact) mass is 296 g/mol. The summed E-state index contributed by atoms with van der Waals surface area (Å²) in [6, 6.07) is 4.27. The van der Waals surface area contributed by atoms with E-state index in [9.17, 15) is 8.78 Å². The topological polar surface area (TPSA) is 15.3 Å². The molecule has 1 aromatic carbocycles. The second kappa shape index (κ2) is 7.32. The third-order valence-electron chi connectivity index (χ3n) is 4.69. The largest absolute Gasteiger partial charge is 0.313 e. The Labute approximate surface area is 126 Å². The van der Waals surface area contributed by atoms with Gasteiger partial charge in [-0.15, -0.1) is 0 Å². The summed E-state index contributed by atoms with van der Waals surface area (Å²) >= 11 is 0. The smallest absolute Gasteiger partial charge is 0.163 e. The van der Waals surface area contributed by atoms with Crippen LogP contribution >= 0.6 is 0 Å². The molecule has 0 aliphatic carbocycles. The second-order valence-corrected chi connectivity index (χ2v) is 6.37. The lowest BCUT2D eigenvalue weighted by Gasteiger charge is -2.22. The molecule has 2 unspecified atom stereocenters. The highest BCUT2D eigenvalue weighted by atomic mass is 19.2. The van der Waals surface area contributed by atoms with Crippen LogP contribution in [0, 0.1) is 23.5 Å². The SMILES string of the molecule is CNC(CCN1CCC(C(C)C)C1)c1cccc(F)c1F. The van der Waals surface area contributed by atoms with Crippen molar-refractivity contribution in [3.63, 3.8) is 0 Å². The number of nitrogens with zero attached hydrogens (tertiary/aromatic N) is 1. The van der Waals surface area contributed by atoms with E-state index in [1.807, 2.05) is 0 Å². The molecular formula is C17H26F2N2. The van der Waals surface area contributed by atoms with Gasteiger partial charge in [0.25, 0.3) is 0 Å². The maximum Gasteiger partial charge on any atom is 0.163 e. The van der Waals surface area contributed by atoms with Crippen molar-refractivity contribution in [2.75, 3.05) is 26.7 Å². The molecule has 1 saturated heterocycles. The molecule has 0 radical (unpaired) electrons. The fourth-order valence-corrected chi connectivity index (χ4v) is 3.17. The molecule has 1 N–H and O–H groups in total. The Balaban J connectivity index is 1.93. The molecule has 4 heteroatoms. The molecule has 21 heavy (non-hydrogen) atoms. The number of hydrogen-bond donors (Lipinski definition) is 1. The van der Waals surface area contributed by atoms with Gasteiger partial charge in [-0.3, -0.25) is 0 Å². The lowest BCUT2D eigenvalue weighted by molar-refractivity contribution is 0.285. The number of rotatable bonds is 6. The van der Waals surface area contributed by atoms with Crippen molar-refractivity contribution >= 4 is 0 Å². The first-order chi connectivity index (χ1) is 10.0. The molecule has 0 bridgehead atoms. The van der Waals surface area contributed by atoms with E-state index in [0.717, 1.165) is 37.9 Å². The van der Waals surface area contributed by atoms with E-state index < -0.39 is 11.6 Å². The van der Waals surface area contributed by atoms with Crippen LogP contribution in [0.3, 0.4) is 0 Å². The van der Waals surface area contributed by atoms with Crippen molar-refractivity contribution in [3.8, 4) is 0 Å². The number of likely N-dealkylation sites (tertiary alicyclic amines) is 1. The summed E-state index contributed by atoms with van der Waals surface area (Å²) < 4.78 is 27.2. The lowest BCUT2D eigenvalue weighted by atomic mass is 9.95. The van der Waals surface area contributed by atoms with Crippen LogP contribution in [0.5, 0.6) is 0 Å². The van der Waals surface area contributed by atoms with Crippen LogP contribution in [0.1, 0.15) is 38.3 Å². The van der Waals surface area contributed by atoms with E-state index in [1.54, 1.807) is 19.2 Å². The standard InChI is InChI=1S/C17H26F2N2/c1-12(2)13-7-9-21(11-13)10-8-16(20-3)14-5-4-6-15(18)17(14)19/h4-6,12-13,16,20H,7-11H2,1-3H3. The Kier molecular flexibility index (Phi) is 5.71. The van der Waals surface area contributed by atoms with Crippen molar-refractivity contribution in [1.29, 1.82) is 0 Å². The van der Waals surface area contributed by atoms with Crippen LogP contribution in [0.2, 0.25) is 0 Å². The summed E-state index contributed by atoms with van der Waals surface area (Å²) in [7, 11) is 1.80. The highest BCUT2D eigenvalue weighted by Gasteiger charge is 2.25. The summed E-state index contributed by atoms with van der Waals surface area (Å²) in [5.41, 5.74) is 0.428. The highest BCUT2D eigenvalue weighted by molar-refractivity contribution is 5.22. The fourth-order valence-electron chi connectivity index (χ4n) is 3.17. The summed E-state index contributed by atoms with van der Waals surface area (Å²) in [6.07, 6.45) is 2.04. The molecular weight excluding hydrogens is 270 g/mol. The van der Waals surface area contributed by atoms with Crippen molar-refractivity contribution < 1.29 is 8.78 Å². The maximum atomic E-state index is 13.9. The van der Waals surface area contributed by atoms with Crippen molar-refractivity contribution in [2.24, 2.45) is 11.8 Å². The van der Waals surface area contributed by atoms with Crippen LogP contribution in [-0.4, -0.2) is 31.6 Å². The Bertz CT molecular complexity index is 462. The first kappa shape index (κ1) is 16.4. The quantitative estimate of drug-likeness (QED) is 0.863. The zero-order valence-electron chi connectivity index (χ0n) is 13.2. The first-order valence-electron chi connectivity index (χ1n) is 7.86. The third-order valence-corrected chi connectivity index (χ3v) is 4.69. The maximum absolute atomic E-state index is 13.9. The van der Waals surface area contributed by atoms with Gasteiger partial charge in [0.1, 0.15) is 0 Å². The number of hydrogen-bond acceptors (Lipinski definition) is 2. The number of nitrogens with one attached hydrogen (secondary N) is 1. The highest BCUT2D eigenvalue weighted by Crippen LogP contribution is 2.26. The Morgan fingerprint density at radius 1 is 1.33 bits per heavy atom. The van der Waals surface area contributed by atoms with E-state index in [-0.39, 0.29) is 6.04 Å². The molecule has 0 amide bonds. The van der Waals surface area contributed by atoms with Gasteiger partial charge in [-0.1, -0.05) is 26.0 Å². The van der Waals surface area contributed by atoms with Crippen LogP contribution < -0.4 is 5.32 Å². The summed E-state index contributed by atoms with van der Waals surface area (Å²) in [5, 5.41) is 3.11. The molecule has 0 saturated carbocycles. The van der Waals surface area contributed by atoms with E-state index in [4.69, 9.17) is 0 Å². The molecule has 0 aromatic heterocycles. The Morgan fingerprint density at radius 3 is 2.71 bits per heavy atom. The van der Waals surface area contributed by atoms with E-state index >= 15 is 0 Å². The molecule has 2 atom stereocenters. The first-order valence-corrected chi connectivity index (χ1v) is 7.86. The minimum absolute atomic E-state index is 0.140. The van der Waals surface area contributed by atoms with Gasteiger partial charge in [-0.05, 0) is 50.9 Å². The number of benzene rings is 1. The molecule has 2 nitrogen and oxygen atoms in total. The molecule has 1 aromatic rings. The van der Waals surface area contributed by atoms with E-state index in [0.29, 0.717) is 5.56 Å². The Hall–Kier alpha value is -1.00. The van der Waals surface area contributed by atoms with Gasteiger partial charge < -0.3 is 10.2 Å². The van der Waals surface area contributed by atoms with Crippen LogP contribution in [0.25, 0.3) is 0 Å². The van der Waals surface area contributed by atoms with Crippen molar-refractivity contribution in [1.82, 2.24) is 10.2 Å².